The first-order chi connectivity index (χ1) is 14.3. The molecule has 5 heteroatoms. The average molecular weight is 407 g/mol. The molecule has 0 saturated carbocycles. The summed E-state index contributed by atoms with van der Waals surface area (Å²) in [6.07, 6.45) is 1.70. The van der Waals surface area contributed by atoms with Gasteiger partial charge in [0.2, 0.25) is 0 Å². The fourth-order valence-corrected chi connectivity index (χ4v) is 4.14. The molecule has 1 aliphatic rings. The average Bonchev–Trinajstić information content (AvgIpc) is 3.15. The predicted octanol–water partition coefficient (Wildman–Crippen LogP) is 5.96. The third kappa shape index (κ3) is 4.30. The molecule has 0 aliphatic carbocycles. The van der Waals surface area contributed by atoms with Crippen molar-refractivity contribution in [1.82, 2.24) is 9.88 Å². The van der Waals surface area contributed by atoms with E-state index in [2.05, 4.69) is 35.3 Å². The molecule has 0 unspecified atom stereocenters. The normalized spacial score (nSPS) is 15.4. The van der Waals surface area contributed by atoms with Crippen molar-refractivity contribution >= 4 is 17.0 Å². The Bertz CT molecular complexity index is 1040. The number of nitrogens with zero attached hydrogens (tertiary/aromatic N) is 1. The molecule has 1 N–H and O–H groups in total. The molecule has 1 saturated heterocycles. The fourth-order valence-electron chi connectivity index (χ4n) is 4.14. The molecule has 2 heterocycles. The Morgan fingerprint density at radius 1 is 1.07 bits per heavy atom. The van der Waals surface area contributed by atoms with Gasteiger partial charge in [0.05, 0.1) is 12.8 Å². The number of nitrogens with one attached hydrogen (secondary N) is 1. The monoisotopic (exact) mass is 406 g/mol. The number of carbonyl (C=O) groups is 1. The van der Waals surface area contributed by atoms with Crippen molar-refractivity contribution in [3.8, 4) is 17.0 Å². The molecule has 1 fully saturated rings. The number of hydrogen-bond acceptors (Lipinski definition) is 3. The molecule has 30 heavy (non-hydrogen) atoms. The Labute approximate surface area is 178 Å². The van der Waals surface area contributed by atoms with Gasteiger partial charge in [-0.05, 0) is 75.4 Å². The first-order valence-electron chi connectivity index (χ1n) is 10.6. The minimum atomic E-state index is -0.452. The number of aromatic amines is 1. The van der Waals surface area contributed by atoms with Gasteiger partial charge in [0.25, 0.3) is 0 Å². The fraction of sp³-hybridized carbons (Fsp3) is 0.400. The summed E-state index contributed by atoms with van der Waals surface area (Å²) in [7, 11) is 1.70. The summed E-state index contributed by atoms with van der Waals surface area (Å²) in [5.41, 5.74) is 4.11. The van der Waals surface area contributed by atoms with Gasteiger partial charge < -0.3 is 19.4 Å². The van der Waals surface area contributed by atoms with Gasteiger partial charge in [-0.25, -0.2) is 4.79 Å². The van der Waals surface area contributed by atoms with Crippen LogP contribution in [0.5, 0.6) is 5.75 Å². The van der Waals surface area contributed by atoms with Crippen molar-refractivity contribution in [3.63, 3.8) is 0 Å². The van der Waals surface area contributed by atoms with Crippen molar-refractivity contribution in [1.29, 1.82) is 0 Å². The Morgan fingerprint density at radius 2 is 1.80 bits per heavy atom. The van der Waals surface area contributed by atoms with Gasteiger partial charge in [-0.1, -0.05) is 18.2 Å². The van der Waals surface area contributed by atoms with Crippen LogP contribution in [0.15, 0.2) is 48.5 Å². The molecule has 5 nitrogen and oxygen atoms in total. The highest BCUT2D eigenvalue weighted by Gasteiger charge is 2.27. The molecule has 0 spiro atoms. The third-order valence-corrected chi connectivity index (χ3v) is 5.66. The molecule has 0 atom stereocenters. The van der Waals surface area contributed by atoms with Crippen LogP contribution in [0.4, 0.5) is 4.79 Å². The standard InChI is InChI=1S/C25H30N2O3/c1-25(2,3)30-24(28)27-13-11-17(12-14-27)18-9-10-21-19(15-18)16-22(26-21)20-7-5-6-8-23(20)29-4/h5-10,15-17,26H,11-14H2,1-4H3. The van der Waals surface area contributed by atoms with Crippen molar-refractivity contribution in [3.05, 3.63) is 54.1 Å². The molecule has 3 aromatic rings. The molecule has 158 valence electrons. The molecule has 2 aromatic carbocycles. The number of para-hydroxylation sites is 1. The van der Waals surface area contributed by atoms with Crippen LogP contribution in [0.3, 0.4) is 0 Å². The molecule has 4 rings (SSSR count). The highest BCUT2D eigenvalue weighted by Crippen LogP contribution is 2.34. The van der Waals surface area contributed by atoms with Crippen LogP contribution in [0.1, 0.15) is 45.1 Å². The maximum absolute atomic E-state index is 12.3. The first-order valence-corrected chi connectivity index (χ1v) is 10.6. The van der Waals surface area contributed by atoms with E-state index in [0.29, 0.717) is 5.92 Å². The van der Waals surface area contributed by atoms with E-state index in [1.54, 1.807) is 7.11 Å². The Balaban J connectivity index is 1.49. The van der Waals surface area contributed by atoms with Gasteiger partial charge in [-0.3, -0.25) is 0 Å². The van der Waals surface area contributed by atoms with Gasteiger partial charge in [0.15, 0.2) is 0 Å². The first kappa shape index (κ1) is 20.3. The molecule has 1 aliphatic heterocycles. The number of fused-ring (bicyclic) bond motifs is 1. The molecular formula is C25H30N2O3. The SMILES string of the molecule is COc1ccccc1-c1cc2cc(C3CCN(C(=O)OC(C)(C)C)CC3)ccc2[nH]1. The van der Waals surface area contributed by atoms with Crippen LogP contribution in [0.25, 0.3) is 22.2 Å². The zero-order valence-electron chi connectivity index (χ0n) is 18.2. The van der Waals surface area contributed by atoms with E-state index in [4.69, 9.17) is 9.47 Å². The topological polar surface area (TPSA) is 54.6 Å². The molecule has 0 radical (unpaired) electrons. The number of benzene rings is 2. The summed E-state index contributed by atoms with van der Waals surface area (Å²) >= 11 is 0. The number of ether oxygens (including phenoxy) is 2. The molecule has 1 aromatic heterocycles. The largest absolute Gasteiger partial charge is 0.496 e. The van der Waals surface area contributed by atoms with E-state index >= 15 is 0 Å². The smallest absolute Gasteiger partial charge is 0.410 e. The quantitative estimate of drug-likeness (QED) is 0.584. The maximum atomic E-state index is 12.3. The van der Waals surface area contributed by atoms with Crippen LogP contribution < -0.4 is 4.74 Å². The number of amides is 1. The Kier molecular flexibility index (Phi) is 5.46. The van der Waals surface area contributed by atoms with E-state index in [1.807, 2.05) is 43.9 Å². The highest BCUT2D eigenvalue weighted by atomic mass is 16.6. The summed E-state index contributed by atoms with van der Waals surface area (Å²) in [6, 6.07) is 16.9. The maximum Gasteiger partial charge on any atom is 0.410 e. The highest BCUT2D eigenvalue weighted by molar-refractivity contribution is 5.87. The van der Waals surface area contributed by atoms with E-state index in [-0.39, 0.29) is 6.09 Å². The van der Waals surface area contributed by atoms with Crippen LogP contribution in [0, 0.1) is 0 Å². The van der Waals surface area contributed by atoms with E-state index in [1.165, 1.54) is 10.9 Å². The van der Waals surface area contributed by atoms with Crippen LogP contribution in [0.2, 0.25) is 0 Å². The van der Waals surface area contributed by atoms with Gasteiger partial charge in [0.1, 0.15) is 11.4 Å². The number of likely N-dealkylation sites (tertiary alicyclic amines) is 1. The van der Waals surface area contributed by atoms with Crippen molar-refractivity contribution < 1.29 is 14.3 Å². The van der Waals surface area contributed by atoms with Gasteiger partial charge in [-0.2, -0.15) is 0 Å². The van der Waals surface area contributed by atoms with Gasteiger partial charge in [0, 0.05) is 29.6 Å². The van der Waals surface area contributed by atoms with Crippen molar-refractivity contribution in [2.75, 3.05) is 20.2 Å². The summed E-state index contributed by atoms with van der Waals surface area (Å²) < 4.78 is 11.0. The zero-order valence-corrected chi connectivity index (χ0v) is 18.2. The van der Waals surface area contributed by atoms with Crippen molar-refractivity contribution in [2.24, 2.45) is 0 Å². The number of hydrogen-bond donors (Lipinski definition) is 1. The van der Waals surface area contributed by atoms with Crippen molar-refractivity contribution in [2.45, 2.75) is 45.1 Å². The Morgan fingerprint density at radius 3 is 2.50 bits per heavy atom. The summed E-state index contributed by atoms with van der Waals surface area (Å²) in [5.74, 6) is 1.32. The molecule has 0 bridgehead atoms. The van der Waals surface area contributed by atoms with E-state index < -0.39 is 5.60 Å². The third-order valence-electron chi connectivity index (χ3n) is 5.66. The molecular weight excluding hydrogens is 376 g/mol. The second kappa shape index (κ2) is 8.05. The predicted molar refractivity (Wildman–Crippen MR) is 120 cm³/mol. The number of H-pyrrole nitrogens is 1. The summed E-state index contributed by atoms with van der Waals surface area (Å²) in [4.78, 5) is 17.7. The number of carbonyl (C=O) groups excluding carboxylic acids is 1. The number of aromatic nitrogens is 1. The lowest BCUT2D eigenvalue weighted by molar-refractivity contribution is 0.0205. The second-order valence-corrected chi connectivity index (χ2v) is 8.97. The van der Waals surface area contributed by atoms with Gasteiger partial charge in [-0.15, -0.1) is 0 Å². The summed E-state index contributed by atoms with van der Waals surface area (Å²) in [5, 5.41) is 1.20. The number of piperidine rings is 1. The minimum Gasteiger partial charge on any atom is -0.496 e. The minimum absolute atomic E-state index is 0.205. The van der Waals surface area contributed by atoms with Crippen LogP contribution in [-0.4, -0.2) is 41.8 Å². The van der Waals surface area contributed by atoms with Crippen LogP contribution >= 0.6 is 0 Å². The Hall–Kier alpha value is -2.95. The van der Waals surface area contributed by atoms with Gasteiger partial charge >= 0.3 is 6.09 Å². The summed E-state index contributed by atoms with van der Waals surface area (Å²) in [6.45, 7) is 7.18. The number of methoxy groups -OCH3 is 1. The van der Waals surface area contributed by atoms with E-state index in [9.17, 15) is 4.79 Å². The second-order valence-electron chi connectivity index (χ2n) is 8.97. The van der Waals surface area contributed by atoms with E-state index in [0.717, 1.165) is 48.5 Å². The number of rotatable bonds is 3. The lowest BCUT2D eigenvalue weighted by atomic mass is 9.89. The zero-order chi connectivity index (χ0) is 21.3. The molecule has 1 amide bonds. The lowest BCUT2D eigenvalue weighted by Gasteiger charge is -2.33. The van der Waals surface area contributed by atoms with Crippen LogP contribution in [-0.2, 0) is 4.74 Å². The lowest BCUT2D eigenvalue weighted by Crippen LogP contribution is -2.41.